The molecule has 0 aromatic heterocycles. The Balaban J connectivity index is 1.86. The molecule has 1 aromatic carbocycles. The van der Waals surface area contributed by atoms with Crippen molar-refractivity contribution in [3.8, 4) is 11.5 Å². The van der Waals surface area contributed by atoms with Gasteiger partial charge in [-0.25, -0.2) is 0 Å². The first-order chi connectivity index (χ1) is 9.74. The number of methoxy groups -OCH3 is 2. The number of benzene rings is 1. The average Bonchev–Trinajstić information content (AvgIpc) is 2.99. The molecule has 0 spiro atoms. The van der Waals surface area contributed by atoms with Crippen LogP contribution in [0.2, 0.25) is 0 Å². The molecule has 4 heteroatoms. The molecule has 1 N–H and O–H groups in total. The van der Waals surface area contributed by atoms with Crippen molar-refractivity contribution in [2.45, 2.75) is 31.8 Å². The Morgan fingerprint density at radius 3 is 2.50 bits per heavy atom. The van der Waals surface area contributed by atoms with Gasteiger partial charge in [0.1, 0.15) is 6.10 Å². The first kappa shape index (κ1) is 15.1. The zero-order valence-corrected chi connectivity index (χ0v) is 12.3. The normalized spacial score (nSPS) is 17.1. The molecular weight excluding hydrogens is 256 g/mol. The Hall–Kier alpha value is -1.26. The van der Waals surface area contributed by atoms with Gasteiger partial charge in [-0.3, -0.25) is 0 Å². The van der Waals surface area contributed by atoms with Crippen molar-refractivity contribution in [1.29, 1.82) is 0 Å². The number of hydrogen-bond acceptors (Lipinski definition) is 4. The SMILES string of the molecule is COc1ccc(C(O)COCC2CCCC2)cc1OC. The molecule has 0 saturated heterocycles. The summed E-state index contributed by atoms with van der Waals surface area (Å²) in [4.78, 5) is 0. The van der Waals surface area contributed by atoms with Gasteiger partial charge in [0, 0.05) is 6.61 Å². The van der Waals surface area contributed by atoms with Crippen molar-refractivity contribution in [2.24, 2.45) is 5.92 Å². The lowest BCUT2D eigenvalue weighted by atomic mass is 10.1. The maximum Gasteiger partial charge on any atom is 0.161 e. The zero-order chi connectivity index (χ0) is 14.4. The van der Waals surface area contributed by atoms with E-state index in [0.29, 0.717) is 24.0 Å². The van der Waals surface area contributed by atoms with E-state index >= 15 is 0 Å². The highest BCUT2D eigenvalue weighted by Gasteiger charge is 2.16. The third-order valence-corrected chi connectivity index (χ3v) is 3.90. The molecule has 1 aliphatic carbocycles. The van der Waals surface area contributed by atoms with Crippen LogP contribution in [0.5, 0.6) is 11.5 Å². The molecule has 0 radical (unpaired) electrons. The Morgan fingerprint density at radius 1 is 1.15 bits per heavy atom. The van der Waals surface area contributed by atoms with Gasteiger partial charge >= 0.3 is 0 Å². The lowest BCUT2D eigenvalue weighted by molar-refractivity contribution is 0.0211. The van der Waals surface area contributed by atoms with Gasteiger partial charge in [-0.15, -0.1) is 0 Å². The predicted octanol–water partition coefficient (Wildman–Crippen LogP) is 2.94. The van der Waals surface area contributed by atoms with Crippen molar-refractivity contribution in [1.82, 2.24) is 0 Å². The minimum absolute atomic E-state index is 0.325. The number of ether oxygens (including phenoxy) is 3. The van der Waals surface area contributed by atoms with Gasteiger partial charge in [0.15, 0.2) is 11.5 Å². The summed E-state index contributed by atoms with van der Waals surface area (Å²) in [5, 5.41) is 10.2. The summed E-state index contributed by atoms with van der Waals surface area (Å²) in [6, 6.07) is 5.43. The first-order valence-corrected chi connectivity index (χ1v) is 7.22. The average molecular weight is 280 g/mol. The fraction of sp³-hybridized carbons (Fsp3) is 0.625. The largest absolute Gasteiger partial charge is 0.493 e. The van der Waals surface area contributed by atoms with E-state index in [-0.39, 0.29) is 0 Å². The summed E-state index contributed by atoms with van der Waals surface area (Å²) in [6.45, 7) is 1.08. The van der Waals surface area contributed by atoms with E-state index in [9.17, 15) is 5.11 Å². The first-order valence-electron chi connectivity index (χ1n) is 7.22. The lowest BCUT2D eigenvalue weighted by Crippen LogP contribution is -2.12. The highest BCUT2D eigenvalue weighted by molar-refractivity contribution is 5.43. The molecule has 0 aliphatic heterocycles. The van der Waals surface area contributed by atoms with E-state index in [2.05, 4.69) is 0 Å². The van der Waals surface area contributed by atoms with Crippen molar-refractivity contribution in [2.75, 3.05) is 27.4 Å². The standard InChI is InChI=1S/C16H24O4/c1-18-15-8-7-13(9-16(15)19-2)14(17)11-20-10-12-5-3-4-6-12/h7-9,12,14,17H,3-6,10-11H2,1-2H3. The molecule has 1 aliphatic rings. The summed E-state index contributed by atoms with van der Waals surface area (Å²) in [5.74, 6) is 1.96. The molecule has 1 aromatic rings. The summed E-state index contributed by atoms with van der Waals surface area (Å²) in [6.07, 6.45) is 4.51. The third-order valence-electron chi connectivity index (χ3n) is 3.90. The van der Waals surface area contributed by atoms with Gasteiger partial charge < -0.3 is 19.3 Å². The zero-order valence-electron chi connectivity index (χ0n) is 12.3. The summed E-state index contributed by atoms with van der Waals surface area (Å²) < 4.78 is 16.1. The fourth-order valence-corrected chi connectivity index (χ4v) is 2.68. The third kappa shape index (κ3) is 3.87. The van der Waals surface area contributed by atoms with Crippen LogP contribution in [0.15, 0.2) is 18.2 Å². The van der Waals surface area contributed by atoms with Gasteiger partial charge in [-0.05, 0) is 36.5 Å². The lowest BCUT2D eigenvalue weighted by Gasteiger charge is -2.16. The van der Waals surface area contributed by atoms with E-state index in [1.807, 2.05) is 6.07 Å². The number of rotatable bonds is 7. The summed E-state index contributed by atoms with van der Waals surface area (Å²) in [7, 11) is 3.18. The van der Waals surface area contributed by atoms with Crippen LogP contribution in [0.1, 0.15) is 37.4 Å². The van der Waals surface area contributed by atoms with Gasteiger partial charge in [0.05, 0.1) is 20.8 Å². The minimum Gasteiger partial charge on any atom is -0.493 e. The molecular formula is C16H24O4. The van der Waals surface area contributed by atoms with Crippen LogP contribution >= 0.6 is 0 Å². The molecule has 2 rings (SSSR count). The fourth-order valence-electron chi connectivity index (χ4n) is 2.68. The maximum absolute atomic E-state index is 10.2. The van der Waals surface area contributed by atoms with Gasteiger partial charge in [0.2, 0.25) is 0 Å². The second-order valence-electron chi connectivity index (χ2n) is 5.32. The number of aliphatic hydroxyl groups is 1. The maximum atomic E-state index is 10.2. The van der Waals surface area contributed by atoms with E-state index in [4.69, 9.17) is 14.2 Å². The van der Waals surface area contributed by atoms with Crippen molar-refractivity contribution >= 4 is 0 Å². The van der Waals surface area contributed by atoms with Crippen LogP contribution in [-0.4, -0.2) is 32.5 Å². The minimum atomic E-state index is -0.629. The number of aliphatic hydroxyl groups excluding tert-OH is 1. The molecule has 4 nitrogen and oxygen atoms in total. The van der Waals surface area contributed by atoms with Gasteiger partial charge in [-0.1, -0.05) is 18.9 Å². The van der Waals surface area contributed by atoms with E-state index < -0.39 is 6.10 Å². The van der Waals surface area contributed by atoms with Gasteiger partial charge in [0.25, 0.3) is 0 Å². The molecule has 0 heterocycles. The van der Waals surface area contributed by atoms with Gasteiger partial charge in [-0.2, -0.15) is 0 Å². The van der Waals surface area contributed by atoms with Crippen LogP contribution < -0.4 is 9.47 Å². The molecule has 20 heavy (non-hydrogen) atoms. The predicted molar refractivity (Wildman–Crippen MR) is 77.3 cm³/mol. The molecule has 0 amide bonds. The highest BCUT2D eigenvalue weighted by atomic mass is 16.5. The number of hydrogen-bond donors (Lipinski definition) is 1. The van der Waals surface area contributed by atoms with Crippen LogP contribution in [0.3, 0.4) is 0 Å². The Bertz CT molecular complexity index is 413. The second-order valence-corrected chi connectivity index (χ2v) is 5.32. The molecule has 1 atom stereocenters. The van der Waals surface area contributed by atoms with E-state index in [1.54, 1.807) is 26.4 Å². The topological polar surface area (TPSA) is 47.9 Å². The molecule has 1 saturated carbocycles. The van der Waals surface area contributed by atoms with Crippen LogP contribution in [0.4, 0.5) is 0 Å². The van der Waals surface area contributed by atoms with Crippen molar-refractivity contribution < 1.29 is 19.3 Å². The van der Waals surface area contributed by atoms with Crippen LogP contribution in [-0.2, 0) is 4.74 Å². The summed E-state index contributed by atoms with van der Waals surface area (Å²) in [5.41, 5.74) is 0.786. The smallest absolute Gasteiger partial charge is 0.161 e. The second kappa shape index (κ2) is 7.50. The molecule has 112 valence electrons. The molecule has 1 fully saturated rings. The molecule has 1 unspecified atom stereocenters. The Morgan fingerprint density at radius 2 is 1.85 bits per heavy atom. The summed E-state index contributed by atoms with van der Waals surface area (Å²) >= 11 is 0. The quantitative estimate of drug-likeness (QED) is 0.834. The van der Waals surface area contributed by atoms with Crippen LogP contribution in [0, 0.1) is 5.92 Å². The van der Waals surface area contributed by atoms with Crippen molar-refractivity contribution in [3.63, 3.8) is 0 Å². The highest BCUT2D eigenvalue weighted by Crippen LogP contribution is 2.30. The van der Waals surface area contributed by atoms with Crippen LogP contribution in [0.25, 0.3) is 0 Å². The van der Waals surface area contributed by atoms with E-state index in [1.165, 1.54) is 25.7 Å². The Kier molecular flexibility index (Phi) is 5.68. The monoisotopic (exact) mass is 280 g/mol. The van der Waals surface area contributed by atoms with E-state index in [0.717, 1.165) is 12.2 Å². The van der Waals surface area contributed by atoms with Crippen molar-refractivity contribution in [3.05, 3.63) is 23.8 Å². The molecule has 0 bridgehead atoms. The Labute approximate surface area is 120 Å².